The van der Waals surface area contributed by atoms with Crippen LogP contribution in [0, 0.1) is 5.92 Å². The Morgan fingerprint density at radius 2 is 2.04 bits per heavy atom. The van der Waals surface area contributed by atoms with Crippen LogP contribution >= 0.6 is 11.3 Å². The fraction of sp³-hybridized carbons (Fsp3) is 0.316. The van der Waals surface area contributed by atoms with Gasteiger partial charge in [0.2, 0.25) is 0 Å². The Morgan fingerprint density at radius 1 is 1.28 bits per heavy atom. The van der Waals surface area contributed by atoms with E-state index in [1.54, 1.807) is 28.4 Å². The molecule has 0 aliphatic rings. The molecule has 3 heterocycles. The zero-order valence-electron chi connectivity index (χ0n) is 14.6. The molecule has 130 valence electrons. The maximum Gasteiger partial charge on any atom is 0.270 e. The lowest BCUT2D eigenvalue weighted by atomic mass is 10.1. The fourth-order valence-electron chi connectivity index (χ4n) is 2.79. The van der Waals surface area contributed by atoms with Gasteiger partial charge in [-0.15, -0.1) is 11.3 Å². The third-order valence-corrected chi connectivity index (χ3v) is 4.86. The van der Waals surface area contributed by atoms with Crippen LogP contribution in [-0.2, 0) is 13.5 Å². The second-order valence-corrected chi connectivity index (χ2v) is 7.42. The van der Waals surface area contributed by atoms with Crippen LogP contribution in [0.3, 0.4) is 0 Å². The van der Waals surface area contributed by atoms with Gasteiger partial charge in [0, 0.05) is 24.3 Å². The first-order chi connectivity index (χ1) is 12.0. The molecule has 1 N–H and O–H groups in total. The minimum Gasteiger partial charge on any atom is -0.339 e. The van der Waals surface area contributed by atoms with Crippen molar-refractivity contribution in [3.63, 3.8) is 0 Å². The Morgan fingerprint density at radius 3 is 2.68 bits per heavy atom. The van der Waals surface area contributed by atoms with E-state index in [1.807, 2.05) is 42.8 Å². The SMILES string of the molecule is CC(C)Cc1cc(C(=O)N[C@H](c2ccncc2)c2cccs2)n(C)n1. The number of amides is 1. The predicted octanol–water partition coefficient (Wildman–Crippen LogP) is 3.59. The highest BCUT2D eigenvalue weighted by atomic mass is 32.1. The number of pyridine rings is 1. The maximum absolute atomic E-state index is 12.9. The van der Waals surface area contributed by atoms with Gasteiger partial charge in [0.15, 0.2) is 0 Å². The van der Waals surface area contributed by atoms with Crippen molar-refractivity contribution in [1.82, 2.24) is 20.1 Å². The molecule has 3 rings (SSSR count). The van der Waals surface area contributed by atoms with Crippen molar-refractivity contribution in [3.8, 4) is 0 Å². The van der Waals surface area contributed by atoms with Gasteiger partial charge in [-0.05, 0) is 47.5 Å². The summed E-state index contributed by atoms with van der Waals surface area (Å²) in [7, 11) is 1.81. The van der Waals surface area contributed by atoms with Crippen LogP contribution in [0.1, 0.15) is 46.5 Å². The first kappa shape index (κ1) is 17.4. The van der Waals surface area contributed by atoms with Crippen LogP contribution in [0.2, 0.25) is 0 Å². The second kappa shape index (κ2) is 7.61. The summed E-state index contributed by atoms with van der Waals surface area (Å²) in [5, 5.41) is 9.62. The van der Waals surface area contributed by atoms with Crippen LogP contribution in [0.15, 0.2) is 48.1 Å². The molecule has 3 aromatic heterocycles. The standard InChI is InChI=1S/C19H22N4OS/c1-13(2)11-15-12-16(23(3)22-15)19(24)21-18(17-5-4-10-25-17)14-6-8-20-9-7-14/h4-10,12-13,18H,11H2,1-3H3,(H,21,24)/t18-/m1/s1. The highest BCUT2D eigenvalue weighted by molar-refractivity contribution is 7.10. The molecule has 0 bridgehead atoms. The number of hydrogen-bond acceptors (Lipinski definition) is 4. The average molecular weight is 354 g/mol. The fourth-order valence-corrected chi connectivity index (χ4v) is 3.59. The van der Waals surface area contributed by atoms with Gasteiger partial charge in [0.05, 0.1) is 11.7 Å². The lowest BCUT2D eigenvalue weighted by Gasteiger charge is -2.17. The summed E-state index contributed by atoms with van der Waals surface area (Å²) in [6.45, 7) is 4.29. The smallest absolute Gasteiger partial charge is 0.270 e. The Bertz CT molecular complexity index is 824. The molecular weight excluding hydrogens is 332 g/mol. The molecule has 0 aliphatic heterocycles. The number of rotatable bonds is 6. The number of carbonyl (C=O) groups excluding carboxylic acids is 1. The van der Waals surface area contributed by atoms with Gasteiger partial charge in [0.25, 0.3) is 5.91 Å². The first-order valence-electron chi connectivity index (χ1n) is 8.31. The second-order valence-electron chi connectivity index (χ2n) is 6.44. The van der Waals surface area contributed by atoms with Gasteiger partial charge in [-0.1, -0.05) is 19.9 Å². The minimum absolute atomic E-state index is 0.125. The van der Waals surface area contributed by atoms with Gasteiger partial charge < -0.3 is 5.32 Å². The summed E-state index contributed by atoms with van der Waals surface area (Å²) in [4.78, 5) is 18.0. The lowest BCUT2D eigenvalue weighted by molar-refractivity contribution is 0.0934. The average Bonchev–Trinajstić information content (AvgIpc) is 3.22. The van der Waals surface area contributed by atoms with E-state index in [0.29, 0.717) is 11.6 Å². The van der Waals surface area contributed by atoms with Crippen molar-refractivity contribution in [3.05, 3.63) is 69.9 Å². The molecule has 25 heavy (non-hydrogen) atoms. The molecule has 0 aromatic carbocycles. The predicted molar refractivity (Wildman–Crippen MR) is 99.6 cm³/mol. The topological polar surface area (TPSA) is 59.8 Å². The molecular formula is C19H22N4OS. The Kier molecular flexibility index (Phi) is 5.28. The Balaban J connectivity index is 1.85. The van der Waals surface area contributed by atoms with Crippen LogP contribution in [-0.4, -0.2) is 20.7 Å². The molecule has 6 heteroatoms. The van der Waals surface area contributed by atoms with E-state index in [2.05, 4.69) is 29.2 Å². The molecule has 1 atom stereocenters. The number of aryl methyl sites for hydroxylation is 1. The summed E-state index contributed by atoms with van der Waals surface area (Å²) >= 11 is 1.62. The van der Waals surface area contributed by atoms with E-state index >= 15 is 0 Å². The van der Waals surface area contributed by atoms with Gasteiger partial charge in [-0.3, -0.25) is 14.5 Å². The summed E-state index contributed by atoms with van der Waals surface area (Å²) in [6, 6.07) is 9.57. The van der Waals surface area contributed by atoms with E-state index in [0.717, 1.165) is 22.6 Å². The van der Waals surface area contributed by atoms with Crippen molar-refractivity contribution in [1.29, 1.82) is 0 Å². The van der Waals surface area contributed by atoms with E-state index in [4.69, 9.17) is 0 Å². The van der Waals surface area contributed by atoms with Crippen LogP contribution in [0.4, 0.5) is 0 Å². The molecule has 0 aliphatic carbocycles. The largest absolute Gasteiger partial charge is 0.339 e. The molecule has 0 spiro atoms. The molecule has 1 amide bonds. The summed E-state index contributed by atoms with van der Waals surface area (Å²) < 4.78 is 1.66. The zero-order chi connectivity index (χ0) is 17.8. The molecule has 0 saturated carbocycles. The molecule has 0 unspecified atom stereocenters. The normalized spacial score (nSPS) is 12.3. The van der Waals surface area contributed by atoms with E-state index < -0.39 is 0 Å². The van der Waals surface area contributed by atoms with Crippen molar-refractivity contribution >= 4 is 17.2 Å². The molecule has 0 saturated heterocycles. The Labute approximate surface area is 151 Å². The summed E-state index contributed by atoms with van der Waals surface area (Å²) in [5.41, 5.74) is 2.53. The van der Waals surface area contributed by atoms with E-state index in [9.17, 15) is 4.79 Å². The maximum atomic E-state index is 12.9. The summed E-state index contributed by atoms with van der Waals surface area (Å²) in [6.07, 6.45) is 4.35. The molecule has 5 nitrogen and oxygen atoms in total. The number of aromatic nitrogens is 3. The highest BCUT2D eigenvalue weighted by Gasteiger charge is 2.21. The highest BCUT2D eigenvalue weighted by Crippen LogP contribution is 2.26. The first-order valence-corrected chi connectivity index (χ1v) is 9.19. The van der Waals surface area contributed by atoms with Crippen LogP contribution in [0.25, 0.3) is 0 Å². The number of nitrogens with one attached hydrogen (secondary N) is 1. The molecule has 0 radical (unpaired) electrons. The van der Waals surface area contributed by atoms with Gasteiger partial charge in [0.1, 0.15) is 5.69 Å². The Hall–Kier alpha value is -2.47. The third kappa shape index (κ3) is 4.14. The van der Waals surface area contributed by atoms with Crippen LogP contribution in [0.5, 0.6) is 0 Å². The number of nitrogens with zero attached hydrogens (tertiary/aromatic N) is 3. The van der Waals surface area contributed by atoms with Crippen molar-refractivity contribution < 1.29 is 4.79 Å². The quantitative estimate of drug-likeness (QED) is 0.736. The molecule has 3 aromatic rings. The van der Waals surface area contributed by atoms with Crippen molar-refractivity contribution in [2.75, 3.05) is 0 Å². The third-order valence-electron chi connectivity index (χ3n) is 3.92. The van der Waals surface area contributed by atoms with E-state index in [1.165, 1.54) is 0 Å². The number of hydrogen-bond donors (Lipinski definition) is 1. The van der Waals surface area contributed by atoms with E-state index in [-0.39, 0.29) is 11.9 Å². The molecule has 0 fully saturated rings. The lowest BCUT2D eigenvalue weighted by Crippen LogP contribution is -2.30. The van der Waals surface area contributed by atoms with Gasteiger partial charge in [-0.2, -0.15) is 5.10 Å². The van der Waals surface area contributed by atoms with Gasteiger partial charge >= 0.3 is 0 Å². The zero-order valence-corrected chi connectivity index (χ0v) is 15.5. The monoisotopic (exact) mass is 354 g/mol. The van der Waals surface area contributed by atoms with Crippen LogP contribution < -0.4 is 5.32 Å². The minimum atomic E-state index is -0.195. The summed E-state index contributed by atoms with van der Waals surface area (Å²) in [5.74, 6) is 0.377. The number of thiophene rings is 1. The number of carbonyl (C=O) groups is 1. The van der Waals surface area contributed by atoms with Crippen molar-refractivity contribution in [2.45, 2.75) is 26.3 Å². The van der Waals surface area contributed by atoms with Crippen molar-refractivity contribution in [2.24, 2.45) is 13.0 Å². The van der Waals surface area contributed by atoms with Gasteiger partial charge in [-0.25, -0.2) is 0 Å².